The van der Waals surface area contributed by atoms with Crippen molar-refractivity contribution in [2.45, 2.75) is 6.92 Å². The fourth-order valence-corrected chi connectivity index (χ4v) is 2.43. The third-order valence-corrected chi connectivity index (χ3v) is 3.74. The molecule has 6 heteroatoms. The average molecular weight is 368 g/mol. The van der Waals surface area contributed by atoms with Gasteiger partial charge in [-0.05, 0) is 37.3 Å². The smallest absolute Gasteiger partial charge is 0.315 e. The molecule has 0 unspecified atom stereocenters. The third-order valence-electron chi connectivity index (χ3n) is 3.74. The van der Waals surface area contributed by atoms with Crippen molar-refractivity contribution in [3.05, 3.63) is 100 Å². The summed E-state index contributed by atoms with van der Waals surface area (Å²) in [7, 11) is 0. The maximum atomic E-state index is 11.3. The monoisotopic (exact) mass is 367 g/mol. The van der Waals surface area contributed by atoms with Gasteiger partial charge in [0.1, 0.15) is 5.69 Å². The molecule has 5 nitrogen and oxygen atoms in total. The van der Waals surface area contributed by atoms with Crippen LogP contribution in [0.2, 0.25) is 0 Å². The molecule has 0 atom stereocenters. The summed E-state index contributed by atoms with van der Waals surface area (Å²) in [6, 6.07) is 24.2. The molecule has 0 aromatic heterocycles. The molecule has 0 amide bonds. The van der Waals surface area contributed by atoms with Crippen LogP contribution in [0, 0.1) is 17.0 Å². The third kappa shape index (κ3) is 4.68. The van der Waals surface area contributed by atoms with Gasteiger partial charge in [-0.25, -0.2) is 10.3 Å². The Labute approximate surface area is 158 Å². The minimum atomic E-state index is -0.392. The summed E-state index contributed by atoms with van der Waals surface area (Å²) in [6.45, 7) is 2.02. The minimum Gasteiger partial charge on any atom is -1.00 e. The van der Waals surface area contributed by atoms with Crippen LogP contribution in [0.5, 0.6) is 0 Å². The van der Waals surface area contributed by atoms with Crippen molar-refractivity contribution in [2.75, 3.05) is 5.32 Å². The van der Waals surface area contributed by atoms with E-state index in [-0.39, 0.29) is 18.1 Å². The van der Waals surface area contributed by atoms with Crippen LogP contribution in [0.15, 0.2) is 78.9 Å². The zero-order valence-corrected chi connectivity index (χ0v) is 14.9. The quantitative estimate of drug-likeness (QED) is 0.299. The molecule has 26 heavy (non-hydrogen) atoms. The fraction of sp³-hybridized carbons (Fsp3) is 0.0500. The number of rotatable bonds is 4. The molecule has 0 heterocycles. The molecule has 3 rings (SSSR count). The second-order valence-electron chi connectivity index (χ2n) is 5.63. The first-order chi connectivity index (χ1) is 12.1. The van der Waals surface area contributed by atoms with Crippen molar-refractivity contribution in [1.29, 1.82) is 0 Å². The van der Waals surface area contributed by atoms with E-state index >= 15 is 0 Å². The Morgan fingerprint density at radius 3 is 2.19 bits per heavy atom. The number of benzene rings is 3. The molecule has 0 aliphatic heterocycles. The number of nitro benzene ring substituents is 1. The number of aryl methyl sites for hydroxylation is 1. The maximum absolute atomic E-state index is 11.3. The van der Waals surface area contributed by atoms with E-state index in [2.05, 4.69) is 10.3 Å². The Morgan fingerprint density at radius 2 is 1.54 bits per heavy atom. The molecule has 0 fully saturated rings. The van der Waals surface area contributed by atoms with Crippen LogP contribution in [0.25, 0.3) is 0 Å². The SMILES string of the molecule is Cc1ccc(NC(=[NH+]c2ccccc2[N+](=O)[O-])c2ccccc2)cc1.[Cl-]. The number of nitro groups is 1. The second-order valence-corrected chi connectivity index (χ2v) is 5.63. The van der Waals surface area contributed by atoms with Crippen LogP contribution in [-0.4, -0.2) is 10.8 Å². The topological polar surface area (TPSA) is 69.1 Å². The van der Waals surface area contributed by atoms with Crippen LogP contribution in [-0.2, 0) is 0 Å². The Hall–Kier alpha value is -3.18. The summed E-state index contributed by atoms with van der Waals surface area (Å²) < 4.78 is 0. The van der Waals surface area contributed by atoms with Crippen molar-refractivity contribution in [2.24, 2.45) is 0 Å². The normalized spacial score (nSPS) is 10.7. The summed E-state index contributed by atoms with van der Waals surface area (Å²) >= 11 is 0. The van der Waals surface area contributed by atoms with E-state index in [1.807, 2.05) is 61.5 Å². The molecular formula is C20H18ClN3O2. The zero-order chi connectivity index (χ0) is 17.6. The van der Waals surface area contributed by atoms with Crippen molar-refractivity contribution >= 4 is 22.9 Å². The largest absolute Gasteiger partial charge is 1.00 e. The van der Waals surface area contributed by atoms with E-state index < -0.39 is 4.92 Å². The van der Waals surface area contributed by atoms with Crippen LogP contribution in [0.3, 0.4) is 0 Å². The van der Waals surface area contributed by atoms with Gasteiger partial charge in [-0.3, -0.25) is 10.1 Å². The van der Waals surface area contributed by atoms with Gasteiger partial charge in [-0.2, -0.15) is 0 Å². The van der Waals surface area contributed by atoms with E-state index in [1.54, 1.807) is 18.2 Å². The van der Waals surface area contributed by atoms with Crippen LogP contribution >= 0.6 is 0 Å². The zero-order valence-electron chi connectivity index (χ0n) is 14.1. The number of halogens is 1. The lowest BCUT2D eigenvalue weighted by Crippen LogP contribution is -3.00. The first kappa shape index (κ1) is 19.1. The molecule has 0 saturated carbocycles. The number of hydrogen-bond donors (Lipinski definition) is 2. The molecule has 0 spiro atoms. The van der Waals surface area contributed by atoms with Gasteiger partial charge in [0.25, 0.3) is 5.84 Å². The van der Waals surface area contributed by atoms with Gasteiger partial charge in [-0.1, -0.05) is 48.0 Å². The predicted molar refractivity (Wildman–Crippen MR) is 99.1 cm³/mol. The van der Waals surface area contributed by atoms with Gasteiger partial charge in [0.15, 0.2) is 0 Å². The summed E-state index contributed by atoms with van der Waals surface area (Å²) in [5, 5.41) is 14.6. The molecule has 0 aliphatic rings. The van der Waals surface area contributed by atoms with E-state index in [0.717, 1.165) is 11.3 Å². The summed E-state index contributed by atoms with van der Waals surface area (Å²) in [4.78, 5) is 14.1. The molecule has 2 N–H and O–H groups in total. The van der Waals surface area contributed by atoms with Gasteiger partial charge in [0, 0.05) is 6.07 Å². The molecule has 3 aromatic rings. The van der Waals surface area contributed by atoms with E-state index in [0.29, 0.717) is 11.5 Å². The van der Waals surface area contributed by atoms with Crippen LogP contribution < -0.4 is 22.7 Å². The lowest BCUT2D eigenvalue weighted by molar-refractivity contribution is -0.411. The number of anilines is 1. The molecule has 0 saturated heterocycles. The number of nitrogens with zero attached hydrogens (tertiary/aromatic N) is 1. The van der Waals surface area contributed by atoms with Crippen LogP contribution in [0.1, 0.15) is 11.1 Å². The molecule has 0 aliphatic carbocycles. The summed E-state index contributed by atoms with van der Waals surface area (Å²) in [6.07, 6.45) is 0. The molecule has 132 valence electrons. The molecule has 0 radical (unpaired) electrons. The number of amidine groups is 1. The van der Waals surface area contributed by atoms with Crippen molar-refractivity contribution in [3.8, 4) is 0 Å². The first-order valence-electron chi connectivity index (χ1n) is 7.90. The lowest BCUT2D eigenvalue weighted by atomic mass is 10.1. The van der Waals surface area contributed by atoms with Gasteiger partial charge in [0.2, 0.25) is 5.69 Å². The van der Waals surface area contributed by atoms with Crippen molar-refractivity contribution in [3.63, 3.8) is 0 Å². The number of para-hydroxylation sites is 2. The standard InChI is InChI=1S/C20H17N3O2.ClH/c1-15-11-13-17(14-12-15)21-20(16-7-3-2-4-8-16)22-18-9-5-6-10-19(18)23(24)25;/h2-14H,1H3,(H,21,22);1H. The minimum absolute atomic E-state index is 0. The number of nitrogens with one attached hydrogen (secondary N) is 2. The highest BCUT2D eigenvalue weighted by atomic mass is 35.5. The lowest BCUT2D eigenvalue weighted by Gasteiger charge is -2.05. The van der Waals surface area contributed by atoms with Crippen molar-refractivity contribution in [1.82, 2.24) is 0 Å². The summed E-state index contributed by atoms with van der Waals surface area (Å²) in [5.41, 5.74) is 3.43. The Kier molecular flexibility index (Phi) is 6.47. The fourth-order valence-electron chi connectivity index (χ4n) is 2.43. The maximum Gasteiger partial charge on any atom is 0.315 e. The highest BCUT2D eigenvalue weighted by Crippen LogP contribution is 2.18. The summed E-state index contributed by atoms with van der Waals surface area (Å²) in [5.74, 6) is 0.679. The van der Waals surface area contributed by atoms with Gasteiger partial charge in [0.05, 0.1) is 10.5 Å². The Balaban J connectivity index is 0.00000243. The number of hydrogen-bond acceptors (Lipinski definition) is 2. The van der Waals surface area contributed by atoms with Gasteiger partial charge < -0.3 is 12.4 Å². The second kappa shape index (κ2) is 8.78. The highest BCUT2D eigenvalue weighted by molar-refractivity contribution is 6.04. The molecule has 3 aromatic carbocycles. The van der Waals surface area contributed by atoms with Gasteiger partial charge in [-0.15, -0.1) is 0 Å². The first-order valence-corrected chi connectivity index (χ1v) is 7.90. The highest BCUT2D eigenvalue weighted by Gasteiger charge is 2.18. The predicted octanol–water partition coefficient (Wildman–Crippen LogP) is 0.178. The van der Waals surface area contributed by atoms with Crippen molar-refractivity contribution < 1.29 is 22.3 Å². The Morgan fingerprint density at radius 1 is 0.923 bits per heavy atom. The van der Waals surface area contributed by atoms with E-state index in [9.17, 15) is 10.1 Å². The van der Waals surface area contributed by atoms with E-state index in [1.165, 1.54) is 11.6 Å². The average Bonchev–Trinajstić information content (AvgIpc) is 2.64. The van der Waals surface area contributed by atoms with E-state index in [4.69, 9.17) is 0 Å². The van der Waals surface area contributed by atoms with Gasteiger partial charge >= 0.3 is 5.69 Å². The molecular weight excluding hydrogens is 350 g/mol. The Bertz CT molecular complexity index is 910. The van der Waals surface area contributed by atoms with Crippen LogP contribution in [0.4, 0.5) is 17.1 Å². The molecule has 0 bridgehead atoms.